The van der Waals surface area contributed by atoms with Gasteiger partial charge in [0.2, 0.25) is 5.69 Å². The lowest BCUT2D eigenvalue weighted by Gasteiger charge is -2.20. The van der Waals surface area contributed by atoms with Crippen LogP contribution >= 0.6 is 0 Å². The van der Waals surface area contributed by atoms with Crippen LogP contribution in [0.15, 0.2) is 71.5 Å². The van der Waals surface area contributed by atoms with E-state index in [1.165, 1.54) is 6.20 Å². The van der Waals surface area contributed by atoms with Crippen molar-refractivity contribution in [1.82, 2.24) is 4.98 Å². The third kappa shape index (κ3) is 2.10. The van der Waals surface area contributed by atoms with Gasteiger partial charge in [-0.15, -0.1) is 0 Å². The van der Waals surface area contributed by atoms with Gasteiger partial charge in [0.1, 0.15) is 18.2 Å². The van der Waals surface area contributed by atoms with E-state index < -0.39 is 19.1 Å². The highest BCUT2D eigenvalue weighted by molar-refractivity contribution is 6.14. The quantitative estimate of drug-likeness (QED) is 0.321. The van der Waals surface area contributed by atoms with Crippen LogP contribution in [0.5, 0.6) is 0 Å². The number of aromatic nitrogens is 2. The molecule has 0 amide bonds. The van der Waals surface area contributed by atoms with Crippen LogP contribution in [0.2, 0.25) is 0 Å². The average molecular weight is 398 g/mol. The SMILES string of the molecule is [2H]C([2H])([2H])C1(C([2H])([2H])[2H])c2cnccc2-c2c1ccc1c2oc2c(-c3cccc[n+]3C)c(C)ccc21. The van der Waals surface area contributed by atoms with Crippen LogP contribution in [0.4, 0.5) is 0 Å². The van der Waals surface area contributed by atoms with E-state index in [1.54, 1.807) is 24.4 Å². The van der Waals surface area contributed by atoms with Crippen molar-refractivity contribution >= 4 is 21.9 Å². The number of rotatable bonds is 1. The van der Waals surface area contributed by atoms with Crippen LogP contribution in [0.1, 0.15) is 38.6 Å². The van der Waals surface area contributed by atoms with E-state index in [4.69, 9.17) is 12.6 Å². The third-order valence-electron chi connectivity index (χ3n) is 6.23. The first-order valence-corrected chi connectivity index (χ1v) is 9.87. The Labute approximate surface area is 184 Å². The summed E-state index contributed by atoms with van der Waals surface area (Å²) < 4.78 is 59.1. The van der Waals surface area contributed by atoms with Crippen molar-refractivity contribution in [2.75, 3.05) is 0 Å². The van der Waals surface area contributed by atoms with Crippen molar-refractivity contribution < 1.29 is 17.2 Å². The van der Waals surface area contributed by atoms with Gasteiger partial charge in [0.05, 0.1) is 5.56 Å². The minimum atomic E-state index is -2.85. The standard InChI is InChI=1S/C27H23N2O/c1-16-8-9-17-18-10-11-20-24(19-12-13-28-15-21(19)27(20,2)3)26(18)30-25(17)23(16)22-7-5-6-14-29(22)4/h5-15H,1-4H3/q+1/i2D3,3D3. The molecule has 0 N–H and O–H groups in total. The van der Waals surface area contributed by atoms with Crippen molar-refractivity contribution in [3.63, 3.8) is 0 Å². The Bertz CT molecular complexity index is 1680. The molecule has 0 aliphatic heterocycles. The van der Waals surface area contributed by atoms with Crippen LogP contribution in [-0.2, 0) is 12.5 Å². The van der Waals surface area contributed by atoms with E-state index in [2.05, 4.69) is 4.98 Å². The van der Waals surface area contributed by atoms with Crippen molar-refractivity contribution in [2.45, 2.75) is 26.0 Å². The van der Waals surface area contributed by atoms with Gasteiger partial charge in [-0.05, 0) is 41.3 Å². The molecule has 0 saturated carbocycles. The van der Waals surface area contributed by atoms with Crippen LogP contribution in [-0.4, -0.2) is 4.98 Å². The summed E-state index contributed by atoms with van der Waals surface area (Å²) in [6.07, 6.45) is 4.90. The van der Waals surface area contributed by atoms with E-state index >= 15 is 0 Å². The number of nitrogens with zero attached hydrogens (tertiary/aromatic N) is 2. The molecule has 1 aliphatic carbocycles. The maximum absolute atomic E-state index is 8.42. The summed E-state index contributed by atoms with van der Waals surface area (Å²) in [6, 6.07) is 15.1. The number of hydrogen-bond acceptors (Lipinski definition) is 2. The zero-order valence-corrected chi connectivity index (χ0v) is 16.7. The highest BCUT2D eigenvalue weighted by Crippen LogP contribution is 2.52. The fourth-order valence-electron chi connectivity index (χ4n) is 4.74. The molecule has 30 heavy (non-hydrogen) atoms. The molecular weight excluding hydrogens is 368 g/mol. The fraction of sp³-hybridized carbons (Fsp3) is 0.185. The first-order chi connectivity index (χ1) is 17.0. The fourth-order valence-corrected chi connectivity index (χ4v) is 4.74. The maximum Gasteiger partial charge on any atom is 0.216 e. The molecule has 0 atom stereocenters. The summed E-state index contributed by atoms with van der Waals surface area (Å²) in [7, 11) is 1.97. The second-order valence-corrected chi connectivity index (χ2v) is 7.97. The van der Waals surface area contributed by atoms with Gasteiger partial charge >= 0.3 is 0 Å². The molecule has 6 rings (SSSR count). The summed E-state index contributed by atoms with van der Waals surface area (Å²) in [5.74, 6) is 0. The average Bonchev–Trinajstić information content (AvgIpc) is 3.33. The zero-order chi connectivity index (χ0) is 25.6. The molecule has 0 bridgehead atoms. The molecule has 3 nitrogen and oxygen atoms in total. The van der Waals surface area contributed by atoms with Crippen LogP contribution in [0.3, 0.4) is 0 Å². The van der Waals surface area contributed by atoms with Crippen molar-refractivity contribution in [1.29, 1.82) is 0 Å². The Kier molecular flexibility index (Phi) is 2.37. The Hall–Kier alpha value is -3.46. The summed E-state index contributed by atoms with van der Waals surface area (Å²) in [6.45, 7) is -3.67. The molecule has 2 aromatic carbocycles. The monoisotopic (exact) mass is 397 g/mol. The van der Waals surface area contributed by atoms with Crippen LogP contribution in [0.25, 0.3) is 44.3 Å². The van der Waals surface area contributed by atoms with Gasteiger partial charge in [0.25, 0.3) is 0 Å². The minimum Gasteiger partial charge on any atom is -0.454 e. The summed E-state index contributed by atoms with van der Waals surface area (Å²) in [5, 5.41) is 1.69. The largest absolute Gasteiger partial charge is 0.454 e. The molecule has 5 aromatic rings. The number of aryl methyl sites for hydroxylation is 2. The second kappa shape index (κ2) is 5.79. The van der Waals surface area contributed by atoms with Crippen molar-refractivity contribution in [3.8, 4) is 22.4 Å². The topological polar surface area (TPSA) is 29.9 Å². The Morgan fingerprint density at radius 3 is 2.53 bits per heavy atom. The second-order valence-electron chi connectivity index (χ2n) is 7.97. The summed E-state index contributed by atoms with van der Waals surface area (Å²) in [5.41, 5.74) is 3.33. The molecule has 0 unspecified atom stereocenters. The molecule has 146 valence electrons. The van der Waals surface area contributed by atoms with Crippen molar-refractivity contribution in [3.05, 3.63) is 83.8 Å². The van der Waals surface area contributed by atoms with E-state index in [9.17, 15) is 0 Å². The number of furan rings is 1. The number of hydrogen-bond donors (Lipinski definition) is 0. The lowest BCUT2D eigenvalue weighted by Crippen LogP contribution is -2.30. The highest BCUT2D eigenvalue weighted by Gasteiger charge is 2.38. The van der Waals surface area contributed by atoms with E-state index in [0.29, 0.717) is 22.3 Å². The van der Waals surface area contributed by atoms with Crippen LogP contribution < -0.4 is 4.57 Å². The molecule has 3 aromatic heterocycles. The molecule has 0 radical (unpaired) electrons. The Balaban J connectivity index is 1.79. The van der Waals surface area contributed by atoms with Gasteiger partial charge in [-0.3, -0.25) is 4.98 Å². The molecule has 0 spiro atoms. The zero-order valence-electron chi connectivity index (χ0n) is 22.7. The third-order valence-corrected chi connectivity index (χ3v) is 6.23. The minimum absolute atomic E-state index is 0.179. The Morgan fingerprint density at radius 1 is 0.933 bits per heavy atom. The lowest BCUT2D eigenvalue weighted by atomic mass is 9.83. The molecule has 1 aliphatic rings. The normalized spacial score (nSPS) is 18.1. The number of pyridine rings is 2. The molecule has 0 saturated heterocycles. The highest BCUT2D eigenvalue weighted by atomic mass is 16.3. The first kappa shape index (κ1) is 12.3. The Morgan fingerprint density at radius 2 is 1.73 bits per heavy atom. The van der Waals surface area contributed by atoms with Gasteiger partial charge in [-0.25, -0.2) is 4.57 Å². The van der Waals surface area contributed by atoms with Crippen molar-refractivity contribution in [2.24, 2.45) is 7.05 Å². The van der Waals surface area contributed by atoms with Gasteiger partial charge in [-0.2, -0.15) is 0 Å². The smallest absolute Gasteiger partial charge is 0.216 e. The van der Waals surface area contributed by atoms with Gasteiger partial charge < -0.3 is 4.42 Å². The van der Waals surface area contributed by atoms with E-state index in [1.807, 2.05) is 55.1 Å². The molecule has 3 heterocycles. The maximum atomic E-state index is 8.42. The first-order valence-electron chi connectivity index (χ1n) is 12.9. The molecule has 3 heteroatoms. The van der Waals surface area contributed by atoms with Gasteiger partial charge in [-0.1, -0.05) is 38.0 Å². The van der Waals surface area contributed by atoms with E-state index in [0.717, 1.165) is 27.6 Å². The van der Waals surface area contributed by atoms with Crippen LogP contribution in [0, 0.1) is 6.92 Å². The summed E-state index contributed by atoms with van der Waals surface area (Å²) >= 11 is 0. The number of benzene rings is 2. The predicted octanol–water partition coefficient (Wildman–Crippen LogP) is 6.09. The van der Waals surface area contributed by atoms with Gasteiger partial charge in [0.15, 0.2) is 6.20 Å². The summed E-state index contributed by atoms with van der Waals surface area (Å²) in [4.78, 5) is 4.13. The van der Waals surface area contributed by atoms with Gasteiger partial charge in [0, 0.05) is 54.5 Å². The molecule has 0 fully saturated rings. The predicted molar refractivity (Wildman–Crippen MR) is 120 cm³/mol. The molecular formula is C27H23N2O+. The van der Waals surface area contributed by atoms with E-state index in [-0.39, 0.29) is 11.1 Å². The lowest BCUT2D eigenvalue weighted by molar-refractivity contribution is -0.660. The number of fused-ring (bicyclic) bond motifs is 7.